The molecule has 6 heteroatoms. The number of aromatic nitrogens is 1. The number of benzene rings is 1. The van der Waals surface area contributed by atoms with Gasteiger partial charge in [-0.2, -0.15) is 0 Å². The second kappa shape index (κ2) is 6.51. The van der Waals surface area contributed by atoms with E-state index in [2.05, 4.69) is 10.3 Å². The molecule has 1 aromatic carbocycles. The second-order valence-corrected chi connectivity index (χ2v) is 4.16. The number of Topliss-reactive ketones (excluding diaryl/α,β-unsaturated/α-hetero) is 1. The standard InChI is InChI=1S/C15H14N2O4/c1-2-21-15(20)10-5-7-11(8-6-10)17-14(19)13(18)12-4-3-9-16-12/h3-9,16H,2H2,1H3,(H,17,19). The Morgan fingerprint density at radius 3 is 2.43 bits per heavy atom. The van der Waals surface area contributed by atoms with Gasteiger partial charge in [0.1, 0.15) is 0 Å². The maximum Gasteiger partial charge on any atom is 0.338 e. The number of carbonyl (C=O) groups is 3. The molecule has 0 unspecified atom stereocenters. The van der Waals surface area contributed by atoms with Crippen molar-refractivity contribution in [1.29, 1.82) is 0 Å². The third kappa shape index (κ3) is 3.56. The average Bonchev–Trinajstić information content (AvgIpc) is 3.01. The van der Waals surface area contributed by atoms with Crippen LogP contribution in [0.2, 0.25) is 0 Å². The molecular formula is C15H14N2O4. The fourth-order valence-corrected chi connectivity index (χ4v) is 1.69. The van der Waals surface area contributed by atoms with Crippen molar-refractivity contribution in [3.05, 3.63) is 53.9 Å². The zero-order valence-electron chi connectivity index (χ0n) is 11.4. The van der Waals surface area contributed by atoms with E-state index < -0.39 is 17.7 Å². The number of ketones is 1. The zero-order chi connectivity index (χ0) is 15.2. The molecule has 2 rings (SSSR count). The number of nitrogens with one attached hydrogen (secondary N) is 2. The highest BCUT2D eigenvalue weighted by molar-refractivity contribution is 6.46. The number of carbonyl (C=O) groups excluding carboxylic acids is 3. The molecule has 0 fully saturated rings. The minimum atomic E-state index is -0.749. The molecule has 21 heavy (non-hydrogen) atoms. The molecule has 108 valence electrons. The number of esters is 1. The van der Waals surface area contributed by atoms with Crippen LogP contribution in [-0.2, 0) is 9.53 Å². The predicted molar refractivity (Wildman–Crippen MR) is 76.2 cm³/mol. The highest BCUT2D eigenvalue weighted by atomic mass is 16.5. The zero-order valence-corrected chi connectivity index (χ0v) is 11.4. The minimum Gasteiger partial charge on any atom is -0.462 e. The van der Waals surface area contributed by atoms with E-state index in [0.29, 0.717) is 17.9 Å². The molecule has 0 aliphatic rings. The number of rotatable bonds is 5. The number of hydrogen-bond acceptors (Lipinski definition) is 4. The highest BCUT2D eigenvalue weighted by Gasteiger charge is 2.17. The average molecular weight is 286 g/mol. The topological polar surface area (TPSA) is 88.3 Å². The fraction of sp³-hybridized carbons (Fsp3) is 0.133. The Morgan fingerprint density at radius 2 is 1.86 bits per heavy atom. The van der Waals surface area contributed by atoms with Gasteiger partial charge in [-0.1, -0.05) is 0 Å². The van der Waals surface area contributed by atoms with Crippen molar-refractivity contribution in [3.63, 3.8) is 0 Å². The molecule has 6 nitrogen and oxygen atoms in total. The van der Waals surface area contributed by atoms with Crippen molar-refractivity contribution in [1.82, 2.24) is 4.98 Å². The summed E-state index contributed by atoms with van der Waals surface area (Å²) in [6.07, 6.45) is 1.56. The third-order valence-electron chi connectivity index (χ3n) is 2.70. The van der Waals surface area contributed by atoms with E-state index in [1.807, 2.05) is 0 Å². The van der Waals surface area contributed by atoms with Crippen LogP contribution < -0.4 is 5.32 Å². The van der Waals surface area contributed by atoms with Crippen molar-refractivity contribution < 1.29 is 19.1 Å². The van der Waals surface area contributed by atoms with Crippen LogP contribution in [0.4, 0.5) is 5.69 Å². The summed E-state index contributed by atoms with van der Waals surface area (Å²) in [5.41, 5.74) is 1.02. The normalized spacial score (nSPS) is 9.95. The molecule has 0 atom stereocenters. The molecule has 1 amide bonds. The van der Waals surface area contributed by atoms with Crippen LogP contribution in [0.5, 0.6) is 0 Å². The summed E-state index contributed by atoms with van der Waals surface area (Å²) in [4.78, 5) is 37.7. The first-order valence-corrected chi connectivity index (χ1v) is 6.38. The molecule has 0 aliphatic carbocycles. The summed E-state index contributed by atoms with van der Waals surface area (Å²) < 4.78 is 4.85. The summed E-state index contributed by atoms with van der Waals surface area (Å²) >= 11 is 0. The van der Waals surface area contributed by atoms with Crippen molar-refractivity contribution in [2.24, 2.45) is 0 Å². The summed E-state index contributed by atoms with van der Waals surface area (Å²) in [5.74, 6) is -1.84. The van der Waals surface area contributed by atoms with Gasteiger partial charge in [0.2, 0.25) is 0 Å². The molecule has 1 heterocycles. The maximum atomic E-state index is 11.8. The van der Waals surface area contributed by atoms with E-state index in [0.717, 1.165) is 0 Å². The largest absolute Gasteiger partial charge is 0.462 e. The lowest BCUT2D eigenvalue weighted by Crippen LogP contribution is -2.23. The second-order valence-electron chi connectivity index (χ2n) is 4.16. The number of anilines is 1. The van der Waals surface area contributed by atoms with Crippen molar-refractivity contribution in [3.8, 4) is 0 Å². The van der Waals surface area contributed by atoms with Crippen LogP contribution in [0, 0.1) is 0 Å². The molecule has 2 N–H and O–H groups in total. The SMILES string of the molecule is CCOC(=O)c1ccc(NC(=O)C(=O)c2ccc[nH]2)cc1. The van der Waals surface area contributed by atoms with Crippen molar-refractivity contribution >= 4 is 23.3 Å². The smallest absolute Gasteiger partial charge is 0.338 e. The molecule has 0 saturated heterocycles. The Bertz CT molecular complexity index is 645. The first kappa shape index (κ1) is 14.5. The number of hydrogen-bond donors (Lipinski definition) is 2. The fourth-order valence-electron chi connectivity index (χ4n) is 1.69. The van der Waals surface area contributed by atoms with Gasteiger partial charge in [0.05, 0.1) is 17.9 Å². The van der Waals surface area contributed by atoms with E-state index >= 15 is 0 Å². The van der Waals surface area contributed by atoms with Crippen molar-refractivity contribution in [2.45, 2.75) is 6.92 Å². The predicted octanol–water partition coefficient (Wildman–Crippen LogP) is 2.01. The highest BCUT2D eigenvalue weighted by Crippen LogP contribution is 2.11. The lowest BCUT2D eigenvalue weighted by Gasteiger charge is -2.05. The number of amides is 1. The maximum absolute atomic E-state index is 11.8. The Morgan fingerprint density at radius 1 is 1.14 bits per heavy atom. The summed E-state index contributed by atoms with van der Waals surface area (Å²) in [5, 5.41) is 2.47. The van der Waals surface area contributed by atoms with Gasteiger partial charge in [0, 0.05) is 11.9 Å². The van der Waals surface area contributed by atoms with Crippen LogP contribution in [-0.4, -0.2) is 29.3 Å². The van der Waals surface area contributed by atoms with Crippen LogP contribution >= 0.6 is 0 Å². The van der Waals surface area contributed by atoms with Gasteiger partial charge in [0.15, 0.2) is 0 Å². The first-order valence-electron chi connectivity index (χ1n) is 6.38. The van der Waals surface area contributed by atoms with E-state index in [1.165, 1.54) is 30.3 Å². The third-order valence-corrected chi connectivity index (χ3v) is 2.70. The summed E-state index contributed by atoms with van der Waals surface area (Å²) in [6, 6.07) is 9.26. The lowest BCUT2D eigenvalue weighted by atomic mass is 10.2. The Kier molecular flexibility index (Phi) is 4.50. The van der Waals surface area contributed by atoms with Crippen LogP contribution in [0.25, 0.3) is 0 Å². The minimum absolute atomic E-state index is 0.218. The van der Waals surface area contributed by atoms with Gasteiger partial charge < -0.3 is 15.0 Å². The molecule has 2 aromatic rings. The van der Waals surface area contributed by atoms with E-state index in [-0.39, 0.29) is 5.69 Å². The molecule has 0 bridgehead atoms. The summed E-state index contributed by atoms with van der Waals surface area (Å²) in [7, 11) is 0. The first-order chi connectivity index (χ1) is 10.1. The Hall–Kier alpha value is -2.89. The Labute approximate surface area is 121 Å². The molecule has 0 saturated carbocycles. The van der Waals surface area contributed by atoms with Gasteiger partial charge in [-0.15, -0.1) is 0 Å². The lowest BCUT2D eigenvalue weighted by molar-refractivity contribution is -0.112. The van der Waals surface area contributed by atoms with Gasteiger partial charge in [-0.25, -0.2) is 4.79 Å². The van der Waals surface area contributed by atoms with E-state index in [1.54, 1.807) is 19.2 Å². The number of ether oxygens (including phenoxy) is 1. The van der Waals surface area contributed by atoms with Crippen LogP contribution in [0.15, 0.2) is 42.6 Å². The van der Waals surface area contributed by atoms with Crippen LogP contribution in [0.1, 0.15) is 27.8 Å². The molecule has 0 aliphatic heterocycles. The van der Waals surface area contributed by atoms with Crippen molar-refractivity contribution in [2.75, 3.05) is 11.9 Å². The molecule has 0 radical (unpaired) electrons. The van der Waals surface area contributed by atoms with Gasteiger partial charge in [-0.05, 0) is 43.3 Å². The summed E-state index contributed by atoms with van der Waals surface area (Å²) in [6.45, 7) is 2.01. The number of aromatic amines is 1. The Balaban J connectivity index is 2.02. The monoisotopic (exact) mass is 286 g/mol. The molecule has 1 aromatic heterocycles. The van der Waals surface area contributed by atoms with E-state index in [9.17, 15) is 14.4 Å². The quantitative estimate of drug-likeness (QED) is 0.500. The van der Waals surface area contributed by atoms with Gasteiger partial charge >= 0.3 is 5.97 Å². The van der Waals surface area contributed by atoms with E-state index in [4.69, 9.17) is 4.74 Å². The van der Waals surface area contributed by atoms with Gasteiger partial charge in [0.25, 0.3) is 11.7 Å². The van der Waals surface area contributed by atoms with Crippen LogP contribution in [0.3, 0.4) is 0 Å². The number of H-pyrrole nitrogens is 1. The van der Waals surface area contributed by atoms with Gasteiger partial charge in [-0.3, -0.25) is 9.59 Å². The molecule has 0 spiro atoms. The molecular weight excluding hydrogens is 272 g/mol.